The van der Waals surface area contributed by atoms with Crippen LogP contribution in [0.25, 0.3) is 20.8 Å². The third kappa shape index (κ3) is 5.24. The summed E-state index contributed by atoms with van der Waals surface area (Å²) in [6, 6.07) is 31.6. The largest absolute Gasteiger partial charge is 0.489 e. The molecule has 0 radical (unpaired) electrons. The molecule has 0 aliphatic rings. The summed E-state index contributed by atoms with van der Waals surface area (Å²) in [7, 11) is 0. The van der Waals surface area contributed by atoms with E-state index >= 15 is 0 Å². The molecule has 33 heavy (non-hydrogen) atoms. The van der Waals surface area contributed by atoms with E-state index in [0.29, 0.717) is 6.61 Å². The predicted molar refractivity (Wildman–Crippen MR) is 139 cm³/mol. The van der Waals surface area contributed by atoms with E-state index in [1.165, 1.54) is 27.0 Å². The zero-order valence-corrected chi connectivity index (χ0v) is 19.7. The van der Waals surface area contributed by atoms with Gasteiger partial charge in [0, 0.05) is 17.8 Å². The van der Waals surface area contributed by atoms with Gasteiger partial charge in [-0.1, -0.05) is 48.0 Å². The Bertz CT molecular complexity index is 1390. The molecule has 0 aliphatic carbocycles. The van der Waals surface area contributed by atoms with Crippen LogP contribution in [0.15, 0.2) is 91.0 Å². The van der Waals surface area contributed by atoms with E-state index in [-0.39, 0.29) is 0 Å². The molecule has 0 unspecified atom stereocenters. The van der Waals surface area contributed by atoms with Crippen LogP contribution in [0.5, 0.6) is 5.75 Å². The van der Waals surface area contributed by atoms with E-state index < -0.39 is 0 Å². The molecule has 0 spiro atoms. The number of thiazole rings is 1. The molecule has 164 valence electrons. The highest BCUT2D eigenvalue weighted by molar-refractivity contribution is 7.21. The van der Waals surface area contributed by atoms with Crippen molar-refractivity contribution in [2.75, 3.05) is 5.32 Å². The zero-order valence-electron chi connectivity index (χ0n) is 18.8. The lowest BCUT2D eigenvalue weighted by Crippen LogP contribution is -2.00. The number of aromatic nitrogens is 1. The average molecular weight is 451 g/mol. The second-order valence-electron chi connectivity index (χ2n) is 8.35. The average Bonchev–Trinajstić information content (AvgIpc) is 3.25. The summed E-state index contributed by atoms with van der Waals surface area (Å²) in [4.78, 5) is 4.79. The third-order valence-corrected chi connectivity index (χ3v) is 6.63. The number of anilines is 1. The molecule has 1 heterocycles. The van der Waals surface area contributed by atoms with Crippen LogP contribution < -0.4 is 10.1 Å². The summed E-state index contributed by atoms with van der Waals surface area (Å²) < 4.78 is 7.24. The van der Waals surface area contributed by atoms with Gasteiger partial charge in [-0.05, 0) is 79.1 Å². The van der Waals surface area contributed by atoms with Gasteiger partial charge in [-0.3, -0.25) is 0 Å². The van der Waals surface area contributed by atoms with Gasteiger partial charge in [0.15, 0.2) is 0 Å². The number of hydrogen-bond donors (Lipinski definition) is 1. The topological polar surface area (TPSA) is 34.1 Å². The van der Waals surface area contributed by atoms with Crippen molar-refractivity contribution in [3.63, 3.8) is 0 Å². The highest BCUT2D eigenvalue weighted by Gasteiger charge is 2.07. The van der Waals surface area contributed by atoms with Gasteiger partial charge in [0.2, 0.25) is 0 Å². The fourth-order valence-electron chi connectivity index (χ4n) is 3.80. The quantitative estimate of drug-likeness (QED) is 0.275. The van der Waals surface area contributed by atoms with Gasteiger partial charge >= 0.3 is 0 Å². The molecule has 0 bridgehead atoms. The maximum absolute atomic E-state index is 6.00. The molecule has 0 atom stereocenters. The maximum Gasteiger partial charge on any atom is 0.124 e. The van der Waals surface area contributed by atoms with Gasteiger partial charge < -0.3 is 10.1 Å². The Morgan fingerprint density at radius 3 is 2.42 bits per heavy atom. The van der Waals surface area contributed by atoms with Crippen molar-refractivity contribution in [2.24, 2.45) is 0 Å². The summed E-state index contributed by atoms with van der Waals surface area (Å²) in [5, 5.41) is 4.57. The Balaban J connectivity index is 1.21. The van der Waals surface area contributed by atoms with Gasteiger partial charge in [-0.2, -0.15) is 0 Å². The number of rotatable bonds is 7. The van der Waals surface area contributed by atoms with E-state index in [2.05, 4.69) is 98.0 Å². The van der Waals surface area contributed by atoms with Crippen molar-refractivity contribution in [3.05, 3.63) is 113 Å². The number of nitrogens with zero attached hydrogens (tertiary/aromatic N) is 1. The van der Waals surface area contributed by atoms with Crippen molar-refractivity contribution in [1.29, 1.82) is 0 Å². The van der Waals surface area contributed by atoms with E-state index in [1.54, 1.807) is 11.3 Å². The van der Waals surface area contributed by atoms with E-state index in [0.717, 1.165) is 34.1 Å². The molecule has 0 amide bonds. The number of hydrogen-bond acceptors (Lipinski definition) is 4. The minimum atomic E-state index is 0.575. The Hall–Kier alpha value is -3.63. The first-order chi connectivity index (χ1) is 16.1. The molecular weight excluding hydrogens is 424 g/mol. The van der Waals surface area contributed by atoms with Crippen molar-refractivity contribution >= 4 is 27.2 Å². The van der Waals surface area contributed by atoms with Crippen LogP contribution in [0.2, 0.25) is 0 Å². The molecular formula is C29H26N2OS. The molecule has 4 heteroatoms. The van der Waals surface area contributed by atoms with Crippen LogP contribution in [0, 0.1) is 13.8 Å². The molecule has 0 saturated carbocycles. The van der Waals surface area contributed by atoms with Crippen molar-refractivity contribution in [2.45, 2.75) is 27.0 Å². The predicted octanol–water partition coefficient (Wildman–Crippen LogP) is 7.77. The standard InChI is InChI=1S/C29H26N2OS/c1-20-5-3-7-23(15-20)19-32-26-8-4-6-22(17-26)18-30-25-12-10-24(11-13-25)29-31-27-14-9-21(2)16-28(27)33-29/h3-17,30H,18-19H2,1-2H3. The molecule has 3 nitrogen and oxygen atoms in total. The minimum absolute atomic E-state index is 0.575. The van der Waals surface area contributed by atoms with Crippen LogP contribution in [0.4, 0.5) is 5.69 Å². The molecule has 1 N–H and O–H groups in total. The molecule has 5 aromatic rings. The lowest BCUT2D eigenvalue weighted by atomic mass is 10.1. The summed E-state index contributed by atoms with van der Waals surface area (Å²) in [5.74, 6) is 0.886. The third-order valence-electron chi connectivity index (χ3n) is 5.56. The first-order valence-corrected chi connectivity index (χ1v) is 11.9. The highest BCUT2D eigenvalue weighted by atomic mass is 32.1. The van der Waals surface area contributed by atoms with Crippen LogP contribution >= 0.6 is 11.3 Å². The summed E-state index contributed by atoms with van der Waals surface area (Å²) in [6.45, 7) is 5.53. The normalized spacial score (nSPS) is 11.0. The summed E-state index contributed by atoms with van der Waals surface area (Å²) >= 11 is 1.74. The Kier molecular flexibility index (Phi) is 6.09. The molecule has 0 aliphatic heterocycles. The Morgan fingerprint density at radius 2 is 1.58 bits per heavy atom. The number of benzene rings is 4. The van der Waals surface area contributed by atoms with Gasteiger partial charge in [0.25, 0.3) is 0 Å². The molecule has 0 fully saturated rings. The number of aryl methyl sites for hydroxylation is 2. The fraction of sp³-hybridized carbons (Fsp3) is 0.138. The van der Waals surface area contributed by atoms with Crippen molar-refractivity contribution in [1.82, 2.24) is 4.98 Å². The lowest BCUT2D eigenvalue weighted by molar-refractivity contribution is 0.306. The lowest BCUT2D eigenvalue weighted by Gasteiger charge is -2.10. The Morgan fingerprint density at radius 1 is 0.788 bits per heavy atom. The van der Waals surface area contributed by atoms with Gasteiger partial charge in [0.1, 0.15) is 17.4 Å². The number of fused-ring (bicyclic) bond motifs is 1. The summed E-state index contributed by atoms with van der Waals surface area (Å²) in [5.41, 5.74) is 8.17. The van der Waals surface area contributed by atoms with Crippen LogP contribution in [0.3, 0.4) is 0 Å². The monoisotopic (exact) mass is 450 g/mol. The van der Waals surface area contributed by atoms with Crippen molar-refractivity contribution < 1.29 is 4.74 Å². The molecule has 0 saturated heterocycles. The highest BCUT2D eigenvalue weighted by Crippen LogP contribution is 2.31. The first-order valence-electron chi connectivity index (χ1n) is 11.1. The summed E-state index contributed by atoms with van der Waals surface area (Å²) in [6.07, 6.45) is 0. The van der Waals surface area contributed by atoms with E-state index in [9.17, 15) is 0 Å². The number of ether oxygens (including phenoxy) is 1. The second-order valence-corrected chi connectivity index (χ2v) is 9.38. The minimum Gasteiger partial charge on any atom is -0.489 e. The SMILES string of the molecule is Cc1cccc(COc2cccc(CNc3ccc(-c4nc5ccc(C)cc5s4)cc3)c2)c1. The molecule has 1 aromatic heterocycles. The van der Waals surface area contributed by atoms with Crippen LogP contribution in [0.1, 0.15) is 22.3 Å². The maximum atomic E-state index is 6.00. The Labute approximate surface area is 198 Å². The second kappa shape index (κ2) is 9.47. The zero-order chi connectivity index (χ0) is 22.6. The first kappa shape index (κ1) is 21.2. The smallest absolute Gasteiger partial charge is 0.124 e. The van der Waals surface area contributed by atoms with Crippen molar-refractivity contribution in [3.8, 4) is 16.3 Å². The van der Waals surface area contributed by atoms with Crippen LogP contribution in [-0.4, -0.2) is 4.98 Å². The van der Waals surface area contributed by atoms with Crippen LogP contribution in [-0.2, 0) is 13.2 Å². The molecule has 5 rings (SSSR count). The molecule has 4 aromatic carbocycles. The fourth-order valence-corrected chi connectivity index (χ4v) is 4.87. The van der Waals surface area contributed by atoms with Gasteiger partial charge in [-0.25, -0.2) is 4.98 Å². The van der Waals surface area contributed by atoms with E-state index in [1.807, 2.05) is 12.1 Å². The van der Waals surface area contributed by atoms with E-state index in [4.69, 9.17) is 9.72 Å². The van der Waals surface area contributed by atoms with Gasteiger partial charge in [-0.15, -0.1) is 11.3 Å². The van der Waals surface area contributed by atoms with Gasteiger partial charge in [0.05, 0.1) is 10.2 Å². The number of nitrogens with one attached hydrogen (secondary N) is 1.